The molecule has 2 aliphatic rings. The fraction of sp³-hybridized carbons (Fsp3) is 0.368. The Morgan fingerprint density at radius 3 is 2.62 bits per heavy atom. The van der Waals surface area contributed by atoms with Crippen LogP contribution in [0.25, 0.3) is 0 Å². The van der Waals surface area contributed by atoms with Gasteiger partial charge in [0.05, 0.1) is 17.9 Å². The van der Waals surface area contributed by atoms with Gasteiger partial charge in [0, 0.05) is 31.0 Å². The third kappa shape index (κ3) is 2.85. The van der Waals surface area contributed by atoms with Crippen LogP contribution in [-0.4, -0.2) is 28.8 Å². The Labute approximate surface area is 145 Å². The van der Waals surface area contributed by atoms with Gasteiger partial charge >= 0.3 is 0 Å². The van der Waals surface area contributed by atoms with Crippen LogP contribution in [-0.2, 0) is 17.6 Å². The molecule has 1 aromatic carbocycles. The first kappa shape index (κ1) is 15.7. The molecule has 0 saturated carbocycles. The number of piperidine rings is 1. The highest BCUT2D eigenvalue weighted by Crippen LogP contribution is 2.37. The lowest BCUT2D eigenvalue weighted by molar-refractivity contribution is -0.121. The fourth-order valence-electron chi connectivity index (χ4n) is 3.81. The van der Waals surface area contributed by atoms with Gasteiger partial charge in [0.25, 0.3) is 0 Å². The maximum Gasteiger partial charge on any atom is 0.141 e. The van der Waals surface area contributed by atoms with Crippen molar-refractivity contribution in [3.63, 3.8) is 0 Å². The van der Waals surface area contributed by atoms with Gasteiger partial charge in [-0.3, -0.25) is 14.7 Å². The molecular formula is C19H18ClFN2O. The molecule has 1 aromatic heterocycles. The standard InChI is InChI=1S/C19H18ClFN2O/c20-14-3-4-17-12(9-14)1-2-13-10-15(21)11-22-18(13)19(17)23-7-5-16(24)6-8-23/h3-4,9-11,19H,1-2,5-8H2. The van der Waals surface area contributed by atoms with E-state index in [1.54, 1.807) is 6.07 Å². The third-order valence-electron chi connectivity index (χ3n) is 5.01. The van der Waals surface area contributed by atoms with E-state index in [9.17, 15) is 9.18 Å². The molecule has 1 aliphatic heterocycles. The molecule has 0 radical (unpaired) electrons. The number of ketones is 1. The van der Waals surface area contributed by atoms with Gasteiger partial charge in [-0.2, -0.15) is 0 Å². The maximum atomic E-state index is 13.7. The first-order chi connectivity index (χ1) is 11.6. The lowest BCUT2D eigenvalue weighted by Gasteiger charge is -2.35. The third-order valence-corrected chi connectivity index (χ3v) is 5.25. The van der Waals surface area contributed by atoms with E-state index in [1.807, 2.05) is 12.1 Å². The number of fused-ring (bicyclic) bond motifs is 2. The van der Waals surface area contributed by atoms with Gasteiger partial charge in [-0.25, -0.2) is 4.39 Å². The zero-order chi connectivity index (χ0) is 16.7. The minimum atomic E-state index is -0.301. The smallest absolute Gasteiger partial charge is 0.141 e. The zero-order valence-electron chi connectivity index (χ0n) is 13.3. The van der Waals surface area contributed by atoms with Crippen molar-refractivity contribution in [2.45, 2.75) is 31.7 Å². The number of carbonyl (C=O) groups is 1. The molecule has 0 amide bonds. The topological polar surface area (TPSA) is 33.2 Å². The fourth-order valence-corrected chi connectivity index (χ4v) is 4.01. The minimum absolute atomic E-state index is 0.0385. The summed E-state index contributed by atoms with van der Waals surface area (Å²) >= 11 is 6.19. The van der Waals surface area contributed by atoms with Crippen LogP contribution in [0.1, 0.15) is 41.3 Å². The number of carbonyl (C=O) groups excluding carboxylic acids is 1. The van der Waals surface area contributed by atoms with E-state index in [0.29, 0.717) is 36.7 Å². The largest absolute Gasteiger partial charge is 0.300 e. The number of rotatable bonds is 1. The number of benzene rings is 1. The SMILES string of the molecule is O=C1CCN(C2c3ccc(Cl)cc3CCc3cc(F)cnc32)CC1. The van der Waals surface area contributed by atoms with E-state index >= 15 is 0 Å². The molecule has 1 aliphatic carbocycles. The van der Waals surface area contributed by atoms with Gasteiger partial charge in [-0.1, -0.05) is 17.7 Å². The molecule has 5 heteroatoms. The van der Waals surface area contributed by atoms with Crippen molar-refractivity contribution >= 4 is 17.4 Å². The molecule has 0 bridgehead atoms. The highest BCUT2D eigenvalue weighted by Gasteiger charge is 2.32. The van der Waals surface area contributed by atoms with E-state index in [2.05, 4.69) is 16.0 Å². The second-order valence-electron chi connectivity index (χ2n) is 6.52. The summed E-state index contributed by atoms with van der Waals surface area (Å²) in [6, 6.07) is 7.51. The molecule has 1 unspecified atom stereocenters. The maximum absolute atomic E-state index is 13.7. The summed E-state index contributed by atoms with van der Waals surface area (Å²) in [5.74, 6) is 0.00815. The Balaban J connectivity index is 1.84. The average molecular weight is 345 g/mol. The zero-order valence-corrected chi connectivity index (χ0v) is 14.0. The summed E-state index contributed by atoms with van der Waals surface area (Å²) in [6.45, 7) is 1.42. The lowest BCUT2D eigenvalue weighted by atomic mass is 9.94. The minimum Gasteiger partial charge on any atom is -0.300 e. The summed E-state index contributed by atoms with van der Waals surface area (Å²) in [7, 11) is 0. The van der Waals surface area contributed by atoms with Crippen LogP contribution in [0, 0.1) is 5.82 Å². The summed E-state index contributed by atoms with van der Waals surface area (Å²) in [5, 5.41) is 0.714. The molecule has 2 aromatic rings. The highest BCUT2D eigenvalue weighted by atomic mass is 35.5. The molecule has 1 fully saturated rings. The number of Topliss-reactive ketones (excluding diaryl/α,β-unsaturated/α-hetero) is 1. The normalized spacial score (nSPS) is 21.1. The van der Waals surface area contributed by atoms with Gasteiger partial charge < -0.3 is 0 Å². The van der Waals surface area contributed by atoms with Crippen LogP contribution in [0.4, 0.5) is 4.39 Å². The summed E-state index contributed by atoms with van der Waals surface area (Å²) < 4.78 is 13.7. The average Bonchev–Trinajstić information content (AvgIpc) is 2.72. The van der Waals surface area contributed by atoms with Gasteiger partial charge in [-0.05, 0) is 47.7 Å². The molecule has 0 spiro atoms. The van der Waals surface area contributed by atoms with Crippen LogP contribution in [0.3, 0.4) is 0 Å². The van der Waals surface area contributed by atoms with E-state index in [1.165, 1.54) is 17.3 Å². The van der Waals surface area contributed by atoms with Crippen molar-refractivity contribution in [1.29, 1.82) is 0 Å². The first-order valence-corrected chi connectivity index (χ1v) is 8.68. The van der Waals surface area contributed by atoms with Crippen LogP contribution >= 0.6 is 11.6 Å². The Morgan fingerprint density at radius 1 is 1.08 bits per heavy atom. The number of pyridine rings is 1. The van der Waals surface area contributed by atoms with Crippen LogP contribution in [0.15, 0.2) is 30.5 Å². The van der Waals surface area contributed by atoms with Crippen molar-refractivity contribution in [3.05, 3.63) is 63.7 Å². The molecule has 24 heavy (non-hydrogen) atoms. The number of nitrogens with zero attached hydrogens (tertiary/aromatic N) is 2. The second-order valence-corrected chi connectivity index (χ2v) is 6.95. The molecule has 2 heterocycles. The van der Waals surface area contributed by atoms with Crippen LogP contribution in [0.2, 0.25) is 5.02 Å². The number of hydrogen-bond donors (Lipinski definition) is 0. The summed E-state index contributed by atoms with van der Waals surface area (Å²) in [4.78, 5) is 18.4. The predicted octanol–water partition coefficient (Wildman–Crippen LogP) is 3.73. The molecule has 124 valence electrons. The highest BCUT2D eigenvalue weighted by molar-refractivity contribution is 6.30. The number of hydrogen-bond acceptors (Lipinski definition) is 3. The van der Waals surface area contributed by atoms with Gasteiger partial charge in [0.2, 0.25) is 0 Å². The van der Waals surface area contributed by atoms with E-state index in [0.717, 1.165) is 24.1 Å². The van der Waals surface area contributed by atoms with Crippen molar-refractivity contribution < 1.29 is 9.18 Å². The molecule has 4 rings (SSSR count). The monoisotopic (exact) mass is 344 g/mol. The number of aromatic nitrogens is 1. The Hall–Kier alpha value is -1.78. The van der Waals surface area contributed by atoms with Gasteiger partial charge in [-0.15, -0.1) is 0 Å². The van der Waals surface area contributed by atoms with Crippen molar-refractivity contribution in [2.24, 2.45) is 0 Å². The number of aryl methyl sites for hydroxylation is 2. The van der Waals surface area contributed by atoms with Crippen molar-refractivity contribution in [1.82, 2.24) is 9.88 Å². The predicted molar refractivity (Wildman–Crippen MR) is 90.7 cm³/mol. The number of halogens is 2. The molecule has 0 N–H and O–H groups in total. The van der Waals surface area contributed by atoms with Crippen molar-refractivity contribution in [2.75, 3.05) is 13.1 Å². The van der Waals surface area contributed by atoms with E-state index < -0.39 is 0 Å². The van der Waals surface area contributed by atoms with Crippen LogP contribution in [0.5, 0.6) is 0 Å². The molecule has 1 atom stereocenters. The van der Waals surface area contributed by atoms with Crippen LogP contribution < -0.4 is 0 Å². The van der Waals surface area contributed by atoms with E-state index in [-0.39, 0.29) is 11.9 Å². The lowest BCUT2D eigenvalue weighted by Crippen LogP contribution is -2.38. The molecular weight excluding hydrogens is 327 g/mol. The second kappa shape index (κ2) is 6.26. The number of likely N-dealkylation sites (tertiary alicyclic amines) is 1. The molecule has 1 saturated heterocycles. The Morgan fingerprint density at radius 2 is 1.83 bits per heavy atom. The Kier molecular flexibility index (Phi) is 4.10. The van der Waals surface area contributed by atoms with Gasteiger partial charge in [0.15, 0.2) is 0 Å². The van der Waals surface area contributed by atoms with E-state index in [4.69, 9.17) is 11.6 Å². The van der Waals surface area contributed by atoms with Gasteiger partial charge in [0.1, 0.15) is 11.6 Å². The van der Waals surface area contributed by atoms with Crippen molar-refractivity contribution in [3.8, 4) is 0 Å². The molecule has 3 nitrogen and oxygen atoms in total. The summed E-state index contributed by atoms with van der Waals surface area (Å²) in [6.07, 6.45) is 3.99. The quantitative estimate of drug-likeness (QED) is 0.790. The first-order valence-electron chi connectivity index (χ1n) is 8.30. The Bertz CT molecular complexity index is 744. The summed E-state index contributed by atoms with van der Waals surface area (Å²) in [5.41, 5.74) is 4.21.